The van der Waals surface area contributed by atoms with Crippen molar-refractivity contribution in [2.45, 2.75) is 162 Å². The number of nitrogens with one attached hydrogen (secondary N) is 1. The lowest BCUT2D eigenvalue weighted by Crippen LogP contribution is -2.34. The average Bonchev–Trinajstić information content (AvgIpc) is 2.95. The van der Waals surface area contributed by atoms with Crippen LogP contribution >= 0.6 is 0 Å². The van der Waals surface area contributed by atoms with Gasteiger partial charge in [0.1, 0.15) is 6.10 Å². The Kier molecular flexibility index (Phi) is 30.2. The first-order valence-corrected chi connectivity index (χ1v) is 17.6. The van der Waals surface area contributed by atoms with Crippen molar-refractivity contribution in [2.75, 3.05) is 27.2 Å². The lowest BCUT2D eigenvalue weighted by molar-refractivity contribution is 0.0491. The molecule has 0 aromatic heterocycles. The summed E-state index contributed by atoms with van der Waals surface area (Å²) in [6.07, 6.45) is 38.7. The number of allylic oxidation sites excluding steroid dienone is 6. The number of rotatable bonds is 29. The van der Waals surface area contributed by atoms with Gasteiger partial charge >= 0.3 is 6.09 Å². The Morgan fingerprint density at radius 1 is 0.610 bits per heavy atom. The molecule has 0 aliphatic carbocycles. The fraction of sp³-hybridized carbons (Fsp3) is 0.811. The second kappa shape index (κ2) is 31.4. The van der Waals surface area contributed by atoms with Gasteiger partial charge in [-0.05, 0) is 123 Å². The highest BCUT2D eigenvalue weighted by Gasteiger charge is 2.24. The third kappa shape index (κ3) is 28.3. The van der Waals surface area contributed by atoms with E-state index in [9.17, 15) is 4.79 Å². The van der Waals surface area contributed by atoms with E-state index >= 15 is 0 Å². The fourth-order valence-corrected chi connectivity index (χ4v) is 5.17. The van der Waals surface area contributed by atoms with Crippen molar-refractivity contribution in [1.82, 2.24) is 10.2 Å². The van der Waals surface area contributed by atoms with Gasteiger partial charge in [0.2, 0.25) is 0 Å². The first-order chi connectivity index (χ1) is 20.0. The van der Waals surface area contributed by atoms with E-state index in [1.807, 2.05) is 0 Å². The van der Waals surface area contributed by atoms with Crippen molar-refractivity contribution in [3.63, 3.8) is 0 Å². The molecule has 0 aromatic carbocycles. The second-order valence-corrected chi connectivity index (χ2v) is 12.1. The zero-order valence-corrected chi connectivity index (χ0v) is 28.1. The van der Waals surface area contributed by atoms with Crippen LogP contribution in [0, 0.1) is 5.92 Å². The minimum Gasteiger partial charge on any atom is -0.446 e. The van der Waals surface area contributed by atoms with E-state index in [0.29, 0.717) is 12.5 Å². The minimum absolute atomic E-state index is 0.0220. The Hall–Kier alpha value is -1.55. The van der Waals surface area contributed by atoms with Gasteiger partial charge in [0.15, 0.2) is 0 Å². The lowest BCUT2D eigenvalue weighted by atomic mass is 9.88. The predicted octanol–water partition coefficient (Wildman–Crippen LogP) is 11.2. The van der Waals surface area contributed by atoms with Gasteiger partial charge in [-0.25, -0.2) is 4.79 Å². The Labute approximate surface area is 256 Å². The normalized spacial score (nSPS) is 13.0. The standard InChI is InChI=1S/C37H70N2O2/c1-6-9-12-15-18-21-23-26-30-35(31-27-24-22-19-16-13-10-7-2)36(32-28-25-20-17-14-11-8-3)41-37(40)38-33-29-34-39(4)5/h18-22,25,35-36H,6-17,23-24,26-34H2,1-5H3,(H,38,40)/b21-18-,22-19-,25-20-. The topological polar surface area (TPSA) is 41.6 Å². The molecule has 240 valence electrons. The van der Waals surface area contributed by atoms with Gasteiger partial charge in [0.25, 0.3) is 0 Å². The first kappa shape index (κ1) is 39.5. The van der Waals surface area contributed by atoms with Gasteiger partial charge < -0.3 is 15.0 Å². The monoisotopic (exact) mass is 575 g/mol. The summed E-state index contributed by atoms with van der Waals surface area (Å²) in [5.41, 5.74) is 0. The fourth-order valence-electron chi connectivity index (χ4n) is 5.17. The predicted molar refractivity (Wildman–Crippen MR) is 182 cm³/mol. The van der Waals surface area contributed by atoms with Gasteiger partial charge in [-0.15, -0.1) is 0 Å². The van der Waals surface area contributed by atoms with Gasteiger partial charge in [-0.3, -0.25) is 0 Å². The van der Waals surface area contributed by atoms with Crippen LogP contribution in [0.3, 0.4) is 0 Å². The molecule has 0 spiro atoms. The lowest BCUT2D eigenvalue weighted by Gasteiger charge is -2.27. The molecule has 0 fully saturated rings. The maximum absolute atomic E-state index is 12.8. The molecule has 1 amide bonds. The number of ether oxygens (including phenoxy) is 1. The third-order valence-electron chi connectivity index (χ3n) is 7.77. The van der Waals surface area contributed by atoms with E-state index in [0.717, 1.165) is 57.9 Å². The number of nitrogens with zero attached hydrogens (tertiary/aromatic N) is 1. The van der Waals surface area contributed by atoms with Crippen molar-refractivity contribution in [3.05, 3.63) is 36.5 Å². The van der Waals surface area contributed by atoms with Crippen LogP contribution in [0.1, 0.15) is 156 Å². The highest BCUT2D eigenvalue weighted by atomic mass is 16.6. The van der Waals surface area contributed by atoms with Gasteiger partial charge in [-0.1, -0.05) is 95.8 Å². The number of carbonyl (C=O) groups excluding carboxylic acids is 1. The number of alkyl carbamates (subject to hydrolysis) is 1. The summed E-state index contributed by atoms with van der Waals surface area (Å²) in [4.78, 5) is 15.0. The van der Waals surface area contributed by atoms with Crippen molar-refractivity contribution in [1.29, 1.82) is 0 Å². The van der Waals surface area contributed by atoms with Crippen LogP contribution in [0.5, 0.6) is 0 Å². The highest BCUT2D eigenvalue weighted by Crippen LogP contribution is 2.26. The molecular formula is C37H70N2O2. The zero-order valence-electron chi connectivity index (χ0n) is 28.1. The summed E-state index contributed by atoms with van der Waals surface area (Å²) in [6, 6.07) is 0. The van der Waals surface area contributed by atoms with Gasteiger partial charge in [0, 0.05) is 6.54 Å². The molecule has 0 aliphatic rings. The maximum Gasteiger partial charge on any atom is 0.407 e. The van der Waals surface area contributed by atoms with Crippen molar-refractivity contribution in [2.24, 2.45) is 5.92 Å². The van der Waals surface area contributed by atoms with E-state index < -0.39 is 0 Å². The van der Waals surface area contributed by atoms with Crippen LogP contribution in [0.4, 0.5) is 4.79 Å². The van der Waals surface area contributed by atoms with E-state index in [-0.39, 0.29) is 12.2 Å². The Bertz CT molecular complexity index is 615. The van der Waals surface area contributed by atoms with Crippen LogP contribution in [0.2, 0.25) is 0 Å². The summed E-state index contributed by atoms with van der Waals surface area (Å²) >= 11 is 0. The third-order valence-corrected chi connectivity index (χ3v) is 7.77. The molecule has 4 heteroatoms. The van der Waals surface area contributed by atoms with Crippen LogP contribution in [0.15, 0.2) is 36.5 Å². The minimum atomic E-state index is -0.239. The number of unbranched alkanes of at least 4 members (excludes halogenated alkanes) is 11. The maximum atomic E-state index is 12.8. The summed E-state index contributed by atoms with van der Waals surface area (Å²) in [6.45, 7) is 8.40. The van der Waals surface area contributed by atoms with Crippen molar-refractivity contribution < 1.29 is 9.53 Å². The van der Waals surface area contributed by atoms with E-state index in [1.165, 1.54) is 83.5 Å². The Morgan fingerprint density at radius 2 is 1.05 bits per heavy atom. The van der Waals surface area contributed by atoms with Crippen molar-refractivity contribution >= 4 is 6.09 Å². The molecule has 0 bridgehead atoms. The molecular weight excluding hydrogens is 504 g/mol. The van der Waals surface area contributed by atoms with Gasteiger partial charge in [-0.2, -0.15) is 0 Å². The quantitative estimate of drug-likeness (QED) is 0.0713. The molecule has 1 N–H and O–H groups in total. The van der Waals surface area contributed by atoms with Crippen LogP contribution in [-0.4, -0.2) is 44.3 Å². The van der Waals surface area contributed by atoms with Crippen molar-refractivity contribution in [3.8, 4) is 0 Å². The molecule has 1 atom stereocenters. The van der Waals surface area contributed by atoms with Crippen LogP contribution in [0.25, 0.3) is 0 Å². The van der Waals surface area contributed by atoms with Crippen LogP contribution in [-0.2, 0) is 4.74 Å². The molecule has 0 aliphatic heterocycles. The molecule has 0 saturated carbocycles. The molecule has 4 nitrogen and oxygen atoms in total. The summed E-state index contributed by atoms with van der Waals surface area (Å²) < 4.78 is 6.18. The molecule has 0 aromatic rings. The summed E-state index contributed by atoms with van der Waals surface area (Å²) in [5, 5.41) is 3.02. The number of amides is 1. The summed E-state index contributed by atoms with van der Waals surface area (Å²) in [7, 11) is 4.13. The number of carbonyl (C=O) groups is 1. The van der Waals surface area contributed by atoms with E-state index in [1.54, 1.807) is 0 Å². The summed E-state index contributed by atoms with van der Waals surface area (Å²) in [5.74, 6) is 0.415. The van der Waals surface area contributed by atoms with E-state index in [2.05, 4.69) is 81.5 Å². The highest BCUT2D eigenvalue weighted by molar-refractivity contribution is 5.67. The molecule has 0 rings (SSSR count). The largest absolute Gasteiger partial charge is 0.446 e. The smallest absolute Gasteiger partial charge is 0.407 e. The van der Waals surface area contributed by atoms with Crippen LogP contribution < -0.4 is 5.32 Å². The average molecular weight is 575 g/mol. The van der Waals surface area contributed by atoms with Gasteiger partial charge in [0.05, 0.1) is 0 Å². The number of hydrogen-bond donors (Lipinski definition) is 1. The molecule has 0 heterocycles. The first-order valence-electron chi connectivity index (χ1n) is 17.6. The van der Waals surface area contributed by atoms with E-state index in [4.69, 9.17) is 4.74 Å². The molecule has 0 saturated heterocycles. The molecule has 41 heavy (non-hydrogen) atoms. The Morgan fingerprint density at radius 3 is 1.49 bits per heavy atom. The second-order valence-electron chi connectivity index (χ2n) is 12.1. The SMILES string of the molecule is CCCCC/C=C\CCCC(CCC/C=C\CCCCC)C(CC/C=C\CCCCC)OC(=O)NCCCN(C)C. The zero-order chi connectivity index (χ0) is 30.2. The molecule has 0 radical (unpaired) electrons. The molecule has 1 unspecified atom stereocenters. The number of hydrogen-bond acceptors (Lipinski definition) is 3. The Balaban J connectivity index is 5.14.